The summed E-state index contributed by atoms with van der Waals surface area (Å²) in [5.41, 5.74) is 6.84. The van der Waals surface area contributed by atoms with Crippen LogP contribution in [0.25, 0.3) is 42.7 Å². The highest BCUT2D eigenvalue weighted by molar-refractivity contribution is 7.20. The summed E-state index contributed by atoms with van der Waals surface area (Å²) in [6, 6.07) is 9.98. The third kappa shape index (κ3) is 12.7. The van der Waals surface area contributed by atoms with E-state index >= 15 is 0 Å². The fraction of sp³-hybridized carbons (Fsp3) is 0.360. The number of methoxy groups -OCH3 is 2. The summed E-state index contributed by atoms with van der Waals surface area (Å²) in [6.45, 7) is 8.11. The maximum atomic E-state index is 13.7. The highest BCUT2D eigenvalue weighted by atomic mass is 32.1. The predicted molar refractivity (Wildman–Crippen MR) is 275 cm³/mol. The summed E-state index contributed by atoms with van der Waals surface area (Å²) in [5.74, 6) is -0.440. The van der Waals surface area contributed by atoms with Crippen LogP contribution in [0.4, 0.5) is 32.1 Å². The number of carboxylic acid groups (broad SMARTS) is 2. The number of nitrogens with one attached hydrogen (secondary N) is 4. The number of ether oxygens (including phenoxy) is 2. The van der Waals surface area contributed by atoms with Gasteiger partial charge in [-0.2, -0.15) is 10.2 Å². The number of thiophene rings is 2. The van der Waals surface area contributed by atoms with Gasteiger partial charge < -0.3 is 41.0 Å². The van der Waals surface area contributed by atoms with Crippen molar-refractivity contribution in [1.29, 1.82) is 0 Å². The second-order valence-electron chi connectivity index (χ2n) is 17.2. The van der Waals surface area contributed by atoms with Crippen molar-refractivity contribution in [3.05, 3.63) is 95.0 Å². The molecule has 22 heteroatoms. The van der Waals surface area contributed by atoms with Crippen LogP contribution in [0.2, 0.25) is 0 Å². The van der Waals surface area contributed by atoms with Gasteiger partial charge in [0.1, 0.15) is 23.1 Å². The summed E-state index contributed by atoms with van der Waals surface area (Å²) < 4.78 is 44.3. The number of rotatable bonds is 15. The van der Waals surface area contributed by atoms with E-state index in [1.54, 1.807) is 61.4 Å². The number of aromatic nitrogens is 8. The van der Waals surface area contributed by atoms with E-state index in [0.717, 1.165) is 116 Å². The van der Waals surface area contributed by atoms with Gasteiger partial charge in [0.2, 0.25) is 11.9 Å². The molecule has 0 atom stereocenters. The van der Waals surface area contributed by atoms with Gasteiger partial charge in [0.15, 0.2) is 0 Å². The molecule has 0 unspecified atom stereocenters. The van der Waals surface area contributed by atoms with Gasteiger partial charge in [-0.25, -0.2) is 28.7 Å². The van der Waals surface area contributed by atoms with Crippen molar-refractivity contribution in [3.8, 4) is 33.8 Å². The number of aliphatic carboxylic acids is 2. The highest BCUT2D eigenvalue weighted by Gasteiger charge is 2.22. The van der Waals surface area contributed by atoms with Crippen LogP contribution in [0.15, 0.2) is 73.6 Å². The summed E-state index contributed by atoms with van der Waals surface area (Å²) in [5, 5.41) is 38.6. The third-order valence-corrected chi connectivity index (χ3v) is 14.3. The lowest BCUT2D eigenvalue weighted by Gasteiger charge is -2.22. The SMILES string of the molecule is COc1cc(F)ccc1-c1c(C)sc2cnc(Nc3cnn(C4CCNCC4)c3)nc12.COc1cc(F)ccc1-c1c(C)sc2cnc(Nc3cnn(C4CCNCC4)c3)nc12.O=C(O)CCCCC(=O)O. The van der Waals surface area contributed by atoms with E-state index < -0.39 is 11.9 Å². The van der Waals surface area contributed by atoms with E-state index in [0.29, 0.717) is 48.3 Å². The van der Waals surface area contributed by atoms with E-state index in [4.69, 9.17) is 29.7 Å². The van der Waals surface area contributed by atoms with Crippen LogP contribution >= 0.6 is 22.7 Å². The summed E-state index contributed by atoms with van der Waals surface area (Å²) in [7, 11) is 3.09. The zero-order valence-corrected chi connectivity index (χ0v) is 41.9. The van der Waals surface area contributed by atoms with Crippen LogP contribution in [-0.2, 0) is 9.59 Å². The molecule has 18 nitrogen and oxygen atoms in total. The van der Waals surface area contributed by atoms with Crippen molar-refractivity contribution < 1.29 is 38.1 Å². The Morgan fingerprint density at radius 1 is 0.667 bits per heavy atom. The topological polar surface area (TPSA) is 228 Å². The minimum Gasteiger partial charge on any atom is -0.496 e. The molecule has 2 fully saturated rings. The molecule has 0 aliphatic carbocycles. The number of carboxylic acids is 2. The van der Waals surface area contributed by atoms with Crippen LogP contribution in [0.3, 0.4) is 0 Å². The zero-order valence-electron chi connectivity index (χ0n) is 40.2. The monoisotopic (exact) mass is 1020 g/mol. The number of unbranched alkanes of at least 4 members (excludes halogenated alkanes) is 1. The quantitative estimate of drug-likeness (QED) is 0.0525. The van der Waals surface area contributed by atoms with Crippen LogP contribution in [0, 0.1) is 25.5 Å². The van der Waals surface area contributed by atoms with Crippen molar-refractivity contribution in [3.63, 3.8) is 0 Å². The van der Waals surface area contributed by atoms with Crippen molar-refractivity contribution >= 4 is 78.3 Å². The van der Waals surface area contributed by atoms with E-state index in [9.17, 15) is 18.4 Å². The Hall–Kier alpha value is -7.14. The zero-order chi connectivity index (χ0) is 50.7. The maximum absolute atomic E-state index is 13.7. The second kappa shape index (κ2) is 23.8. The Morgan fingerprint density at radius 3 is 1.44 bits per heavy atom. The van der Waals surface area contributed by atoms with Gasteiger partial charge in [-0.3, -0.25) is 19.0 Å². The number of piperidine rings is 2. The van der Waals surface area contributed by atoms with Crippen LogP contribution in [0.5, 0.6) is 11.5 Å². The average molecular weight is 1020 g/mol. The number of fused-ring (bicyclic) bond motifs is 2. The van der Waals surface area contributed by atoms with E-state index in [1.807, 2.05) is 48.0 Å². The molecule has 0 radical (unpaired) electrons. The summed E-state index contributed by atoms with van der Waals surface area (Å²) >= 11 is 3.22. The lowest BCUT2D eigenvalue weighted by molar-refractivity contribution is -0.139. The maximum Gasteiger partial charge on any atom is 0.303 e. The number of hydrogen-bond acceptors (Lipinski definition) is 16. The molecule has 2 aromatic carbocycles. The molecule has 72 heavy (non-hydrogen) atoms. The van der Waals surface area contributed by atoms with Gasteiger partial charge in [0, 0.05) is 69.4 Å². The first-order chi connectivity index (χ1) is 34.9. The molecule has 0 amide bonds. The molecule has 8 aromatic rings. The molecule has 0 bridgehead atoms. The normalized spacial score (nSPS) is 14.0. The highest BCUT2D eigenvalue weighted by Crippen LogP contribution is 2.43. The van der Waals surface area contributed by atoms with Crippen LogP contribution < -0.4 is 30.7 Å². The van der Waals surface area contributed by atoms with Gasteiger partial charge in [-0.1, -0.05) is 0 Å². The number of halogens is 2. The van der Waals surface area contributed by atoms with Crippen molar-refractivity contribution in [2.24, 2.45) is 0 Å². The van der Waals surface area contributed by atoms with Crippen molar-refractivity contribution in [2.45, 2.75) is 77.3 Å². The molecule has 2 aliphatic heterocycles. The fourth-order valence-electron chi connectivity index (χ4n) is 8.67. The first-order valence-corrected chi connectivity index (χ1v) is 25.2. The smallest absolute Gasteiger partial charge is 0.303 e. The molecular weight excluding hydrogens is 967 g/mol. The minimum absolute atomic E-state index is 0.0628. The Labute approximate surface area is 421 Å². The number of anilines is 4. The minimum atomic E-state index is -0.870. The second-order valence-corrected chi connectivity index (χ2v) is 19.7. The third-order valence-electron chi connectivity index (χ3n) is 12.2. The molecule has 2 aliphatic rings. The van der Waals surface area contributed by atoms with E-state index in [2.05, 4.69) is 41.4 Å². The van der Waals surface area contributed by atoms with Crippen LogP contribution in [0.1, 0.15) is 73.2 Å². The molecule has 8 heterocycles. The first-order valence-electron chi connectivity index (χ1n) is 23.5. The van der Waals surface area contributed by atoms with Crippen molar-refractivity contribution in [1.82, 2.24) is 50.1 Å². The summed E-state index contributed by atoms with van der Waals surface area (Å²) in [4.78, 5) is 40.5. The number of carbonyl (C=O) groups is 2. The molecule has 0 spiro atoms. The summed E-state index contributed by atoms with van der Waals surface area (Å²) in [6.07, 6.45) is 16.6. The van der Waals surface area contributed by atoms with Crippen molar-refractivity contribution in [2.75, 3.05) is 51.0 Å². The molecular formula is C50H56F2N12O6S2. The Morgan fingerprint density at radius 2 is 1.07 bits per heavy atom. The molecule has 0 saturated carbocycles. The molecule has 378 valence electrons. The molecule has 10 rings (SSSR count). The number of aryl methyl sites for hydroxylation is 2. The van der Waals surface area contributed by atoms with Crippen LogP contribution in [-0.4, -0.2) is 102 Å². The molecule has 2 saturated heterocycles. The van der Waals surface area contributed by atoms with Gasteiger partial charge in [0.05, 0.1) is 82.9 Å². The standard InChI is InChI=1S/2C22H23FN6OS.C6H10O4/c2*1-13-20(17-4-3-14(23)9-18(17)30-2)21-19(31-13)11-25-22(28-21)27-15-10-26-29(12-15)16-5-7-24-8-6-16;7-5(8)3-1-2-4-6(9)10/h2*3-4,9-12,16,24H,5-8H2,1-2H3,(H,25,27,28);1-4H2,(H,7,8)(H,9,10). The van der Waals surface area contributed by atoms with Gasteiger partial charge >= 0.3 is 11.9 Å². The Balaban J connectivity index is 0.000000163. The largest absolute Gasteiger partial charge is 0.496 e. The molecule has 6 aromatic heterocycles. The fourth-order valence-corrected chi connectivity index (χ4v) is 10.6. The Kier molecular flexibility index (Phi) is 17.0. The first kappa shape index (κ1) is 51.2. The number of nitrogens with zero attached hydrogens (tertiary/aromatic N) is 8. The average Bonchev–Trinajstić information content (AvgIpc) is 4.19. The van der Waals surface area contributed by atoms with Gasteiger partial charge in [0.25, 0.3) is 0 Å². The Bertz CT molecular complexity index is 2940. The molecule has 6 N–H and O–H groups in total. The van der Waals surface area contributed by atoms with E-state index in [-0.39, 0.29) is 24.5 Å². The predicted octanol–water partition coefficient (Wildman–Crippen LogP) is 10.1. The number of hydrogen-bond donors (Lipinski definition) is 6. The number of benzene rings is 2. The van der Waals surface area contributed by atoms with Gasteiger partial charge in [-0.05, 0) is 103 Å². The lowest BCUT2D eigenvalue weighted by atomic mass is 10.0. The van der Waals surface area contributed by atoms with E-state index in [1.165, 1.54) is 24.3 Å². The van der Waals surface area contributed by atoms with Gasteiger partial charge in [-0.15, -0.1) is 22.7 Å². The lowest BCUT2D eigenvalue weighted by Crippen LogP contribution is -2.29.